The van der Waals surface area contributed by atoms with Crippen LogP contribution in [0.1, 0.15) is 12.5 Å². The quantitative estimate of drug-likeness (QED) is 0.756. The molecule has 5 nitrogen and oxygen atoms in total. The van der Waals surface area contributed by atoms with Gasteiger partial charge in [0.2, 0.25) is 0 Å². The summed E-state index contributed by atoms with van der Waals surface area (Å²) in [5.41, 5.74) is 0.860. The van der Waals surface area contributed by atoms with Crippen LogP contribution < -0.4 is 5.32 Å². The predicted molar refractivity (Wildman–Crippen MR) is 56.9 cm³/mol. The Hall–Kier alpha value is -2.04. The van der Waals surface area contributed by atoms with E-state index >= 15 is 0 Å². The number of nitrogens with one attached hydrogen (secondary N) is 1. The fourth-order valence-corrected chi connectivity index (χ4v) is 1.10. The van der Waals surface area contributed by atoms with Gasteiger partial charge in [0.15, 0.2) is 0 Å². The highest BCUT2D eigenvalue weighted by Crippen LogP contribution is 2.01. The summed E-state index contributed by atoms with van der Waals surface area (Å²) in [6.07, 6.45) is -1.25. The molecule has 1 aromatic rings. The number of carboxylic acid groups (broad SMARTS) is 1. The second kappa shape index (κ2) is 5.75. The molecular weight excluding hydrogens is 210 g/mol. The maximum atomic E-state index is 11.3. The predicted octanol–water partition coefficient (Wildman–Crippen LogP) is 1.39. The lowest BCUT2D eigenvalue weighted by atomic mass is 10.2. The maximum absolute atomic E-state index is 11.3. The molecule has 0 aliphatic rings. The molecule has 0 fully saturated rings. The Labute approximate surface area is 93.0 Å². The van der Waals surface area contributed by atoms with Crippen molar-refractivity contribution in [3.63, 3.8) is 0 Å². The second-order valence-corrected chi connectivity index (χ2v) is 3.26. The van der Waals surface area contributed by atoms with Gasteiger partial charge in [0, 0.05) is 0 Å². The van der Waals surface area contributed by atoms with Crippen LogP contribution in [-0.2, 0) is 16.1 Å². The van der Waals surface area contributed by atoms with Gasteiger partial charge < -0.3 is 15.2 Å². The highest BCUT2D eigenvalue weighted by atomic mass is 16.5. The fraction of sp³-hybridized carbons (Fsp3) is 0.273. The summed E-state index contributed by atoms with van der Waals surface area (Å²) >= 11 is 0. The van der Waals surface area contributed by atoms with Crippen LogP contribution in [0.3, 0.4) is 0 Å². The third-order valence-corrected chi connectivity index (χ3v) is 1.92. The Morgan fingerprint density at radius 2 is 2.00 bits per heavy atom. The second-order valence-electron chi connectivity index (χ2n) is 3.26. The molecule has 1 rings (SSSR count). The van der Waals surface area contributed by atoms with E-state index in [1.54, 1.807) is 0 Å². The first-order valence-electron chi connectivity index (χ1n) is 4.79. The van der Waals surface area contributed by atoms with E-state index in [1.807, 2.05) is 35.6 Å². The van der Waals surface area contributed by atoms with Gasteiger partial charge in [-0.2, -0.15) is 0 Å². The number of esters is 1. The molecule has 0 unspecified atom stereocenters. The molecule has 1 atom stereocenters. The summed E-state index contributed by atoms with van der Waals surface area (Å²) in [4.78, 5) is 21.6. The minimum atomic E-state index is -1.25. The summed E-state index contributed by atoms with van der Waals surface area (Å²) in [5, 5.41) is 10.4. The monoisotopic (exact) mass is 223 g/mol. The fourth-order valence-electron chi connectivity index (χ4n) is 1.10. The van der Waals surface area contributed by atoms with Crippen molar-refractivity contribution in [1.82, 2.24) is 5.32 Å². The SMILES string of the molecule is C[C@H](NC(=O)O)C(=O)OCc1ccccc1. The molecular formula is C11H13NO4. The van der Waals surface area contributed by atoms with Gasteiger partial charge in [0.1, 0.15) is 12.6 Å². The van der Waals surface area contributed by atoms with E-state index in [9.17, 15) is 9.59 Å². The molecule has 0 bridgehead atoms. The van der Waals surface area contributed by atoms with Crippen LogP contribution in [0.2, 0.25) is 0 Å². The highest BCUT2D eigenvalue weighted by molar-refractivity contribution is 5.80. The van der Waals surface area contributed by atoms with Gasteiger partial charge in [-0.3, -0.25) is 0 Å². The van der Waals surface area contributed by atoms with Gasteiger partial charge in [-0.1, -0.05) is 30.3 Å². The molecule has 1 aromatic carbocycles. The number of carbonyl (C=O) groups excluding carboxylic acids is 1. The molecule has 16 heavy (non-hydrogen) atoms. The highest BCUT2D eigenvalue weighted by Gasteiger charge is 2.16. The third kappa shape index (κ3) is 4.00. The van der Waals surface area contributed by atoms with Crippen molar-refractivity contribution < 1.29 is 19.4 Å². The van der Waals surface area contributed by atoms with E-state index in [-0.39, 0.29) is 6.61 Å². The Kier molecular flexibility index (Phi) is 4.32. The molecule has 0 radical (unpaired) electrons. The number of amides is 1. The van der Waals surface area contributed by atoms with E-state index in [1.165, 1.54) is 6.92 Å². The van der Waals surface area contributed by atoms with Crippen LogP contribution in [0, 0.1) is 0 Å². The average molecular weight is 223 g/mol. The van der Waals surface area contributed by atoms with Crippen LogP contribution in [0.5, 0.6) is 0 Å². The Morgan fingerprint density at radius 3 is 2.56 bits per heavy atom. The van der Waals surface area contributed by atoms with E-state index in [0.717, 1.165) is 5.56 Å². The average Bonchev–Trinajstić information content (AvgIpc) is 2.26. The van der Waals surface area contributed by atoms with Gasteiger partial charge in [0.25, 0.3) is 0 Å². The van der Waals surface area contributed by atoms with Gasteiger partial charge in [-0.15, -0.1) is 0 Å². The molecule has 0 aliphatic heterocycles. The summed E-state index contributed by atoms with van der Waals surface area (Å²) in [5.74, 6) is -0.591. The van der Waals surface area contributed by atoms with Gasteiger partial charge in [0.05, 0.1) is 0 Å². The number of carbonyl (C=O) groups is 2. The zero-order valence-electron chi connectivity index (χ0n) is 8.84. The summed E-state index contributed by atoms with van der Waals surface area (Å²) < 4.78 is 4.93. The number of benzene rings is 1. The van der Waals surface area contributed by atoms with E-state index < -0.39 is 18.1 Å². The van der Waals surface area contributed by atoms with Crippen LogP contribution >= 0.6 is 0 Å². The molecule has 0 spiro atoms. The first-order chi connectivity index (χ1) is 7.59. The molecule has 0 aliphatic carbocycles. The molecule has 2 N–H and O–H groups in total. The number of hydrogen-bond donors (Lipinski definition) is 2. The van der Waals surface area contributed by atoms with Crippen molar-refractivity contribution in [2.75, 3.05) is 0 Å². The summed E-state index contributed by atoms with van der Waals surface area (Å²) in [6.45, 7) is 1.58. The summed E-state index contributed by atoms with van der Waals surface area (Å²) in [7, 11) is 0. The minimum absolute atomic E-state index is 0.144. The Balaban J connectivity index is 2.38. The van der Waals surface area contributed by atoms with Gasteiger partial charge >= 0.3 is 12.1 Å². The van der Waals surface area contributed by atoms with Gasteiger partial charge in [-0.05, 0) is 12.5 Å². The van der Waals surface area contributed by atoms with Crippen LogP contribution in [0.4, 0.5) is 4.79 Å². The Morgan fingerprint density at radius 1 is 1.38 bits per heavy atom. The number of rotatable bonds is 4. The van der Waals surface area contributed by atoms with Crippen LogP contribution in [0.25, 0.3) is 0 Å². The van der Waals surface area contributed by atoms with Crippen molar-refractivity contribution in [3.8, 4) is 0 Å². The first kappa shape index (κ1) is 12.0. The zero-order chi connectivity index (χ0) is 12.0. The molecule has 0 saturated heterocycles. The summed E-state index contributed by atoms with van der Waals surface area (Å²) in [6, 6.07) is 8.32. The molecule has 86 valence electrons. The molecule has 0 aromatic heterocycles. The lowest BCUT2D eigenvalue weighted by molar-refractivity contribution is -0.146. The Bertz CT molecular complexity index is 364. The van der Waals surface area contributed by atoms with Crippen molar-refractivity contribution in [3.05, 3.63) is 35.9 Å². The van der Waals surface area contributed by atoms with Crippen LogP contribution in [-0.4, -0.2) is 23.2 Å². The largest absolute Gasteiger partial charge is 0.465 e. The van der Waals surface area contributed by atoms with E-state index in [0.29, 0.717) is 0 Å². The standard InChI is InChI=1S/C11H13NO4/c1-8(12-11(14)15)10(13)16-7-9-5-3-2-4-6-9/h2-6,8,12H,7H2,1H3,(H,14,15)/t8-/m0/s1. The molecule has 0 heterocycles. The number of ether oxygens (including phenoxy) is 1. The third-order valence-electron chi connectivity index (χ3n) is 1.92. The smallest absolute Gasteiger partial charge is 0.405 e. The molecule has 0 saturated carbocycles. The lowest BCUT2D eigenvalue weighted by Crippen LogP contribution is -2.38. The van der Waals surface area contributed by atoms with Gasteiger partial charge in [-0.25, -0.2) is 9.59 Å². The maximum Gasteiger partial charge on any atom is 0.405 e. The van der Waals surface area contributed by atoms with Crippen molar-refractivity contribution >= 4 is 12.1 Å². The van der Waals surface area contributed by atoms with Crippen molar-refractivity contribution in [1.29, 1.82) is 0 Å². The number of hydrogen-bond acceptors (Lipinski definition) is 3. The molecule has 5 heteroatoms. The van der Waals surface area contributed by atoms with E-state index in [4.69, 9.17) is 9.84 Å². The van der Waals surface area contributed by atoms with Crippen molar-refractivity contribution in [2.24, 2.45) is 0 Å². The van der Waals surface area contributed by atoms with Crippen LogP contribution in [0.15, 0.2) is 30.3 Å². The molecule has 1 amide bonds. The van der Waals surface area contributed by atoms with E-state index in [2.05, 4.69) is 0 Å². The zero-order valence-corrected chi connectivity index (χ0v) is 8.84. The lowest BCUT2D eigenvalue weighted by Gasteiger charge is -2.10. The normalized spacial score (nSPS) is 11.6. The van der Waals surface area contributed by atoms with Crippen molar-refractivity contribution in [2.45, 2.75) is 19.6 Å². The first-order valence-corrected chi connectivity index (χ1v) is 4.79. The topological polar surface area (TPSA) is 75.6 Å². The minimum Gasteiger partial charge on any atom is -0.465 e.